The molecule has 3 aromatic rings. The third-order valence-corrected chi connectivity index (χ3v) is 5.12. The number of pyridine rings is 1. The minimum absolute atomic E-state index is 0.183. The summed E-state index contributed by atoms with van der Waals surface area (Å²) in [6, 6.07) is 7.50. The van der Waals surface area contributed by atoms with E-state index in [9.17, 15) is 4.79 Å². The first kappa shape index (κ1) is 17.1. The molecule has 1 N–H and O–H groups in total. The van der Waals surface area contributed by atoms with E-state index in [1.54, 1.807) is 23.8 Å². The molecule has 3 heterocycles. The number of rotatable bonds is 6. The van der Waals surface area contributed by atoms with Crippen LogP contribution in [0.3, 0.4) is 0 Å². The molecule has 0 unspecified atom stereocenters. The molecule has 0 atom stereocenters. The number of carbonyl (C=O) groups excluding carboxylic acids is 1. The van der Waals surface area contributed by atoms with Gasteiger partial charge in [-0.25, -0.2) is 0 Å². The van der Waals surface area contributed by atoms with Crippen molar-refractivity contribution in [1.29, 1.82) is 5.26 Å². The molecule has 0 aromatic carbocycles. The van der Waals surface area contributed by atoms with E-state index in [0.717, 1.165) is 11.4 Å². The Morgan fingerprint density at radius 1 is 1.44 bits per heavy atom. The molecule has 0 fully saturated rings. The zero-order chi connectivity index (χ0) is 17.6. The second kappa shape index (κ2) is 7.92. The van der Waals surface area contributed by atoms with Crippen molar-refractivity contribution >= 4 is 34.0 Å². The van der Waals surface area contributed by atoms with Crippen LogP contribution in [-0.4, -0.2) is 31.4 Å². The fraction of sp³-hybridized carbons (Fsp3) is 0.188. The maximum atomic E-state index is 12.1. The summed E-state index contributed by atoms with van der Waals surface area (Å²) in [4.78, 5) is 16.2. The highest BCUT2D eigenvalue weighted by Crippen LogP contribution is 2.25. The van der Waals surface area contributed by atoms with Crippen LogP contribution < -0.4 is 5.32 Å². The SMILES string of the molecule is CCn1c(SCC(=O)Nc2sccc2C#N)nnc1-c1cccnc1. The molecular formula is C16H14N6OS2. The van der Waals surface area contributed by atoms with Crippen LogP contribution in [0.25, 0.3) is 11.4 Å². The summed E-state index contributed by atoms with van der Waals surface area (Å²) < 4.78 is 1.95. The van der Waals surface area contributed by atoms with E-state index in [4.69, 9.17) is 5.26 Å². The van der Waals surface area contributed by atoms with Gasteiger partial charge in [-0.3, -0.25) is 9.78 Å². The van der Waals surface area contributed by atoms with Crippen LogP contribution in [0.15, 0.2) is 41.1 Å². The van der Waals surface area contributed by atoms with Crippen molar-refractivity contribution in [2.45, 2.75) is 18.6 Å². The van der Waals surface area contributed by atoms with Crippen molar-refractivity contribution < 1.29 is 4.79 Å². The van der Waals surface area contributed by atoms with Gasteiger partial charge >= 0.3 is 0 Å². The Hall–Kier alpha value is -2.70. The normalized spacial score (nSPS) is 10.4. The van der Waals surface area contributed by atoms with Crippen molar-refractivity contribution in [2.24, 2.45) is 0 Å². The van der Waals surface area contributed by atoms with Gasteiger partial charge in [0, 0.05) is 24.5 Å². The average Bonchev–Trinajstić information content (AvgIpc) is 3.26. The number of aromatic nitrogens is 4. The third kappa shape index (κ3) is 3.87. The maximum Gasteiger partial charge on any atom is 0.235 e. The lowest BCUT2D eigenvalue weighted by molar-refractivity contribution is -0.113. The maximum absolute atomic E-state index is 12.1. The molecule has 0 aliphatic carbocycles. The number of nitrogens with zero attached hydrogens (tertiary/aromatic N) is 5. The van der Waals surface area contributed by atoms with E-state index in [1.165, 1.54) is 23.1 Å². The van der Waals surface area contributed by atoms with Gasteiger partial charge in [-0.1, -0.05) is 11.8 Å². The molecule has 0 aliphatic rings. The minimum Gasteiger partial charge on any atom is -0.316 e. The third-order valence-electron chi connectivity index (χ3n) is 3.32. The van der Waals surface area contributed by atoms with Gasteiger partial charge in [0.2, 0.25) is 5.91 Å². The molecule has 3 aromatic heterocycles. The van der Waals surface area contributed by atoms with E-state index in [1.807, 2.05) is 23.6 Å². The summed E-state index contributed by atoms with van der Waals surface area (Å²) in [6.07, 6.45) is 3.44. The van der Waals surface area contributed by atoms with Gasteiger partial charge in [0.15, 0.2) is 11.0 Å². The summed E-state index contributed by atoms with van der Waals surface area (Å²) in [6.45, 7) is 2.68. The van der Waals surface area contributed by atoms with Gasteiger partial charge in [0.25, 0.3) is 0 Å². The van der Waals surface area contributed by atoms with E-state index in [0.29, 0.717) is 22.3 Å². The lowest BCUT2D eigenvalue weighted by Crippen LogP contribution is -2.14. The second-order valence-corrected chi connectivity index (χ2v) is 6.76. The summed E-state index contributed by atoms with van der Waals surface area (Å²) in [7, 11) is 0. The first-order chi connectivity index (χ1) is 12.2. The molecule has 0 radical (unpaired) electrons. The average molecular weight is 370 g/mol. The van der Waals surface area contributed by atoms with E-state index < -0.39 is 0 Å². The first-order valence-electron chi connectivity index (χ1n) is 7.46. The lowest BCUT2D eigenvalue weighted by atomic mass is 10.3. The van der Waals surface area contributed by atoms with Gasteiger partial charge in [-0.2, -0.15) is 5.26 Å². The fourth-order valence-corrected chi connectivity index (χ4v) is 3.73. The monoisotopic (exact) mass is 370 g/mol. The summed E-state index contributed by atoms with van der Waals surface area (Å²) in [5, 5.41) is 23.2. The molecule has 0 saturated heterocycles. The summed E-state index contributed by atoms with van der Waals surface area (Å²) in [5.41, 5.74) is 1.35. The van der Waals surface area contributed by atoms with Crippen molar-refractivity contribution in [2.75, 3.05) is 11.1 Å². The number of hydrogen-bond acceptors (Lipinski definition) is 7. The van der Waals surface area contributed by atoms with Gasteiger partial charge in [0.05, 0.1) is 11.3 Å². The number of thiophene rings is 1. The molecular weight excluding hydrogens is 356 g/mol. The molecule has 0 spiro atoms. The molecule has 1 amide bonds. The Balaban J connectivity index is 1.68. The van der Waals surface area contributed by atoms with Crippen LogP contribution in [0.2, 0.25) is 0 Å². The standard InChI is InChI=1S/C16H14N6OS2/c1-2-22-14(12-4-3-6-18-9-12)20-21-16(22)25-10-13(23)19-15-11(8-17)5-7-24-15/h3-7,9H,2,10H2,1H3,(H,19,23). The molecule has 0 saturated carbocycles. The molecule has 9 heteroatoms. The smallest absolute Gasteiger partial charge is 0.235 e. The number of carbonyl (C=O) groups is 1. The lowest BCUT2D eigenvalue weighted by Gasteiger charge is -2.07. The second-order valence-electron chi connectivity index (χ2n) is 4.90. The van der Waals surface area contributed by atoms with Gasteiger partial charge in [0.1, 0.15) is 11.1 Å². The van der Waals surface area contributed by atoms with Gasteiger partial charge in [-0.05, 0) is 30.5 Å². The Bertz CT molecular complexity index is 912. The number of nitriles is 1. The zero-order valence-corrected chi connectivity index (χ0v) is 15.0. The number of thioether (sulfide) groups is 1. The molecule has 0 bridgehead atoms. The molecule has 25 heavy (non-hydrogen) atoms. The predicted molar refractivity (Wildman–Crippen MR) is 97.3 cm³/mol. The van der Waals surface area contributed by atoms with E-state index >= 15 is 0 Å². The fourth-order valence-electron chi connectivity index (χ4n) is 2.18. The van der Waals surface area contributed by atoms with Crippen molar-refractivity contribution in [3.05, 3.63) is 41.5 Å². The predicted octanol–water partition coefficient (Wildman–Crippen LogP) is 3.02. The number of nitrogens with one attached hydrogen (secondary N) is 1. The van der Waals surface area contributed by atoms with Gasteiger partial charge in [-0.15, -0.1) is 21.5 Å². The van der Waals surface area contributed by atoms with Crippen LogP contribution in [0.5, 0.6) is 0 Å². The van der Waals surface area contributed by atoms with E-state index in [2.05, 4.69) is 26.6 Å². The quantitative estimate of drug-likeness (QED) is 0.670. The zero-order valence-electron chi connectivity index (χ0n) is 13.3. The molecule has 126 valence electrons. The Labute approximate surface area is 152 Å². The van der Waals surface area contributed by atoms with Crippen molar-refractivity contribution in [1.82, 2.24) is 19.7 Å². The highest BCUT2D eigenvalue weighted by Gasteiger charge is 2.15. The Morgan fingerprint density at radius 3 is 3.04 bits per heavy atom. The molecule has 3 rings (SSSR count). The molecule has 0 aliphatic heterocycles. The van der Waals surface area contributed by atoms with Crippen LogP contribution in [0, 0.1) is 11.3 Å². The summed E-state index contributed by atoms with van der Waals surface area (Å²) >= 11 is 2.64. The molecule has 7 nitrogen and oxygen atoms in total. The highest BCUT2D eigenvalue weighted by atomic mass is 32.2. The van der Waals surface area contributed by atoms with Crippen LogP contribution >= 0.6 is 23.1 Å². The van der Waals surface area contributed by atoms with Crippen molar-refractivity contribution in [3.8, 4) is 17.5 Å². The van der Waals surface area contributed by atoms with Crippen LogP contribution in [0.4, 0.5) is 5.00 Å². The number of amides is 1. The van der Waals surface area contributed by atoms with Gasteiger partial charge < -0.3 is 9.88 Å². The number of anilines is 1. The van der Waals surface area contributed by atoms with Crippen molar-refractivity contribution in [3.63, 3.8) is 0 Å². The minimum atomic E-state index is -0.183. The highest BCUT2D eigenvalue weighted by molar-refractivity contribution is 7.99. The summed E-state index contributed by atoms with van der Waals surface area (Å²) in [5.74, 6) is 0.731. The Kier molecular flexibility index (Phi) is 5.42. The van der Waals surface area contributed by atoms with E-state index in [-0.39, 0.29) is 11.7 Å². The Morgan fingerprint density at radius 2 is 2.32 bits per heavy atom. The topological polar surface area (TPSA) is 96.5 Å². The van der Waals surface area contributed by atoms with Crippen LogP contribution in [0.1, 0.15) is 12.5 Å². The largest absolute Gasteiger partial charge is 0.316 e. The number of hydrogen-bond donors (Lipinski definition) is 1. The first-order valence-corrected chi connectivity index (χ1v) is 9.33. The van der Waals surface area contributed by atoms with Crippen LogP contribution in [-0.2, 0) is 11.3 Å².